The molecular weight excluding hydrogens is 254 g/mol. The minimum absolute atomic E-state index is 0.0360. The number of carbonyl (C=O) groups excluding carboxylic acids is 1. The molecule has 2 N–H and O–H groups in total. The number of carboxylic acids is 1. The number of hydrogen-bond acceptors (Lipinski definition) is 5. The van der Waals surface area contributed by atoms with Crippen LogP contribution in [0, 0.1) is 0 Å². The van der Waals surface area contributed by atoms with E-state index in [0.29, 0.717) is 0 Å². The fourth-order valence-corrected chi connectivity index (χ4v) is 1.67. The Morgan fingerprint density at radius 1 is 1.42 bits per heavy atom. The van der Waals surface area contributed by atoms with Crippen LogP contribution in [0.25, 0.3) is 0 Å². The number of hydrogen-bond donors (Lipinski definition) is 2. The van der Waals surface area contributed by atoms with Gasteiger partial charge in [0.25, 0.3) is 0 Å². The molecule has 110 valence electrons. The van der Waals surface area contributed by atoms with Crippen LogP contribution in [0.15, 0.2) is 0 Å². The maximum absolute atomic E-state index is 12.0. The van der Waals surface area contributed by atoms with Crippen LogP contribution in [0.1, 0.15) is 27.7 Å². The summed E-state index contributed by atoms with van der Waals surface area (Å²) in [6.07, 6.45) is -1.83. The summed E-state index contributed by atoms with van der Waals surface area (Å²) in [4.78, 5) is 24.1. The summed E-state index contributed by atoms with van der Waals surface area (Å²) in [5, 5.41) is 19.0. The van der Waals surface area contributed by atoms with Gasteiger partial charge in [0.15, 0.2) is 6.10 Å². The standard InChI is InChI=1S/C12H21NO6/c1-11(2,3)19-10(16)13-5-8(9(14)15)18-7-12(4,17)6-13/h8,17H,5-7H2,1-4H3,(H,14,15). The fourth-order valence-electron chi connectivity index (χ4n) is 1.67. The number of aliphatic hydroxyl groups is 1. The molecule has 1 rings (SSSR count). The monoisotopic (exact) mass is 275 g/mol. The highest BCUT2D eigenvalue weighted by Crippen LogP contribution is 2.18. The predicted octanol–water partition coefficient (Wildman–Crippen LogP) is 0.458. The van der Waals surface area contributed by atoms with Crippen molar-refractivity contribution < 1.29 is 29.3 Å². The molecule has 7 heteroatoms. The number of ether oxygens (including phenoxy) is 2. The Morgan fingerprint density at radius 2 is 2.00 bits per heavy atom. The molecule has 2 unspecified atom stereocenters. The summed E-state index contributed by atoms with van der Waals surface area (Å²) >= 11 is 0. The Balaban J connectivity index is 2.83. The van der Waals surface area contributed by atoms with Crippen molar-refractivity contribution in [3.8, 4) is 0 Å². The number of aliphatic carboxylic acids is 1. The van der Waals surface area contributed by atoms with Gasteiger partial charge in [-0.2, -0.15) is 0 Å². The quantitative estimate of drug-likeness (QED) is 0.721. The largest absolute Gasteiger partial charge is 0.479 e. The molecule has 1 aliphatic rings. The number of carboxylic acid groups (broad SMARTS) is 1. The first kappa shape index (κ1) is 15.7. The summed E-state index contributed by atoms with van der Waals surface area (Å²) in [5.74, 6) is -1.17. The first-order valence-corrected chi connectivity index (χ1v) is 6.05. The molecule has 7 nitrogen and oxygen atoms in total. The highest BCUT2D eigenvalue weighted by atomic mass is 16.6. The lowest BCUT2D eigenvalue weighted by Gasteiger charge is -2.30. The number of amides is 1. The van der Waals surface area contributed by atoms with Gasteiger partial charge in [0.05, 0.1) is 19.7 Å². The van der Waals surface area contributed by atoms with Crippen LogP contribution >= 0.6 is 0 Å². The van der Waals surface area contributed by atoms with Crippen molar-refractivity contribution in [2.24, 2.45) is 0 Å². The van der Waals surface area contributed by atoms with Gasteiger partial charge in [0.1, 0.15) is 11.2 Å². The fraction of sp³-hybridized carbons (Fsp3) is 0.833. The Kier molecular flexibility index (Phi) is 4.42. The molecule has 2 atom stereocenters. The van der Waals surface area contributed by atoms with Crippen molar-refractivity contribution in [1.82, 2.24) is 4.90 Å². The van der Waals surface area contributed by atoms with E-state index in [9.17, 15) is 14.7 Å². The van der Waals surface area contributed by atoms with E-state index in [1.54, 1.807) is 20.8 Å². The second-order valence-electron chi connectivity index (χ2n) is 6.00. The van der Waals surface area contributed by atoms with E-state index in [4.69, 9.17) is 14.6 Å². The Bertz CT molecular complexity index is 360. The molecule has 1 saturated heterocycles. The number of carbonyl (C=O) groups is 2. The summed E-state index contributed by atoms with van der Waals surface area (Å²) in [7, 11) is 0. The van der Waals surface area contributed by atoms with Gasteiger partial charge in [0, 0.05) is 0 Å². The van der Waals surface area contributed by atoms with Crippen LogP contribution in [0.4, 0.5) is 4.79 Å². The van der Waals surface area contributed by atoms with Crippen molar-refractivity contribution in [3.63, 3.8) is 0 Å². The smallest absolute Gasteiger partial charge is 0.410 e. The zero-order valence-corrected chi connectivity index (χ0v) is 11.7. The van der Waals surface area contributed by atoms with E-state index in [1.807, 2.05) is 0 Å². The Morgan fingerprint density at radius 3 is 2.47 bits per heavy atom. The zero-order valence-electron chi connectivity index (χ0n) is 11.7. The van der Waals surface area contributed by atoms with Crippen molar-refractivity contribution in [3.05, 3.63) is 0 Å². The molecule has 0 radical (unpaired) electrons. The average Bonchev–Trinajstić information content (AvgIpc) is 2.34. The van der Waals surface area contributed by atoms with E-state index in [1.165, 1.54) is 6.92 Å². The highest BCUT2D eigenvalue weighted by Gasteiger charge is 2.37. The molecular formula is C12H21NO6. The van der Waals surface area contributed by atoms with Crippen molar-refractivity contribution in [1.29, 1.82) is 0 Å². The van der Waals surface area contributed by atoms with Crippen LogP contribution in [-0.4, -0.2) is 64.2 Å². The normalized spacial score (nSPS) is 28.7. The SMILES string of the molecule is CC1(O)COC(C(=O)O)CN(C(=O)OC(C)(C)C)C1. The third kappa shape index (κ3) is 5.04. The molecule has 0 aromatic rings. The molecule has 0 saturated carbocycles. The average molecular weight is 275 g/mol. The number of nitrogens with zero attached hydrogens (tertiary/aromatic N) is 1. The Labute approximate surface area is 112 Å². The van der Waals surface area contributed by atoms with Crippen LogP contribution in [0.3, 0.4) is 0 Å². The predicted molar refractivity (Wildman–Crippen MR) is 65.8 cm³/mol. The van der Waals surface area contributed by atoms with Gasteiger partial charge in [-0.15, -0.1) is 0 Å². The summed E-state index contributed by atoms with van der Waals surface area (Å²) in [5.41, 5.74) is -1.99. The van der Waals surface area contributed by atoms with Crippen LogP contribution in [-0.2, 0) is 14.3 Å². The zero-order chi connectivity index (χ0) is 14.8. The topological polar surface area (TPSA) is 96.3 Å². The van der Waals surface area contributed by atoms with Gasteiger partial charge in [-0.1, -0.05) is 0 Å². The van der Waals surface area contributed by atoms with E-state index < -0.39 is 29.4 Å². The highest BCUT2D eigenvalue weighted by molar-refractivity contribution is 5.74. The third-order valence-electron chi connectivity index (χ3n) is 2.44. The van der Waals surface area contributed by atoms with Gasteiger partial charge < -0.3 is 24.6 Å². The second kappa shape index (κ2) is 5.34. The van der Waals surface area contributed by atoms with Crippen LogP contribution in [0.5, 0.6) is 0 Å². The molecule has 19 heavy (non-hydrogen) atoms. The van der Waals surface area contributed by atoms with E-state index >= 15 is 0 Å². The summed E-state index contributed by atoms with van der Waals surface area (Å²) in [6.45, 7) is 6.29. The molecule has 0 spiro atoms. The van der Waals surface area contributed by atoms with Crippen molar-refractivity contribution >= 4 is 12.1 Å². The van der Waals surface area contributed by atoms with Crippen LogP contribution < -0.4 is 0 Å². The Hall–Kier alpha value is -1.34. The van der Waals surface area contributed by atoms with Gasteiger partial charge in [-0.3, -0.25) is 0 Å². The molecule has 1 fully saturated rings. The van der Waals surface area contributed by atoms with E-state index in [-0.39, 0.29) is 19.7 Å². The molecule has 1 aliphatic heterocycles. The van der Waals surface area contributed by atoms with E-state index in [0.717, 1.165) is 4.90 Å². The molecule has 0 aromatic heterocycles. The maximum atomic E-state index is 12.0. The van der Waals surface area contributed by atoms with Gasteiger partial charge in [-0.25, -0.2) is 9.59 Å². The molecule has 1 amide bonds. The van der Waals surface area contributed by atoms with Crippen LogP contribution in [0.2, 0.25) is 0 Å². The summed E-state index contributed by atoms with van der Waals surface area (Å²) in [6, 6.07) is 0. The lowest BCUT2D eigenvalue weighted by molar-refractivity contribution is -0.152. The lowest BCUT2D eigenvalue weighted by atomic mass is 10.1. The minimum atomic E-state index is -1.30. The van der Waals surface area contributed by atoms with Gasteiger partial charge in [0.2, 0.25) is 0 Å². The maximum Gasteiger partial charge on any atom is 0.410 e. The number of rotatable bonds is 1. The second-order valence-corrected chi connectivity index (χ2v) is 6.00. The summed E-state index contributed by atoms with van der Waals surface area (Å²) < 4.78 is 10.3. The third-order valence-corrected chi connectivity index (χ3v) is 2.44. The molecule has 0 bridgehead atoms. The minimum Gasteiger partial charge on any atom is -0.479 e. The molecule has 0 aromatic carbocycles. The lowest BCUT2D eigenvalue weighted by Crippen LogP contribution is -2.47. The van der Waals surface area contributed by atoms with Crippen molar-refractivity contribution in [2.75, 3.05) is 19.7 Å². The first-order valence-electron chi connectivity index (χ1n) is 6.05. The van der Waals surface area contributed by atoms with Gasteiger partial charge >= 0.3 is 12.1 Å². The van der Waals surface area contributed by atoms with E-state index in [2.05, 4.69) is 0 Å². The molecule has 1 heterocycles. The van der Waals surface area contributed by atoms with Gasteiger partial charge in [-0.05, 0) is 27.7 Å². The number of β-amino-alcohol motifs (C(OH)–C–C–N with tert-alkyl or cyclic N) is 1. The molecule has 0 aliphatic carbocycles. The first-order chi connectivity index (χ1) is 8.50. The van der Waals surface area contributed by atoms with Crippen molar-refractivity contribution in [2.45, 2.75) is 45.0 Å².